The first-order valence-electron chi connectivity index (χ1n) is 10.3. The van der Waals surface area contributed by atoms with Crippen molar-refractivity contribution in [3.63, 3.8) is 0 Å². The third-order valence-electron chi connectivity index (χ3n) is 4.96. The zero-order valence-corrected chi connectivity index (χ0v) is 19.9. The van der Waals surface area contributed by atoms with E-state index in [-0.39, 0.29) is 12.5 Å². The molecule has 0 aromatic heterocycles. The molecule has 1 aromatic carbocycles. The fraction of sp³-hybridized carbons (Fsp3) is 0.571. The number of aryl methyl sites for hydroxylation is 1. The number of hydrogen-bond acceptors (Lipinski definition) is 8. The van der Waals surface area contributed by atoms with E-state index in [2.05, 4.69) is 5.32 Å². The van der Waals surface area contributed by atoms with Crippen molar-refractivity contribution >= 4 is 41.4 Å². The molecule has 1 fully saturated rings. The molecule has 2 N–H and O–H groups in total. The minimum absolute atomic E-state index is 0.209. The van der Waals surface area contributed by atoms with Crippen LogP contribution in [0.4, 0.5) is 4.79 Å². The van der Waals surface area contributed by atoms with Gasteiger partial charge in [-0.15, -0.1) is 0 Å². The molecule has 9 nitrogen and oxygen atoms in total. The molecule has 2 unspecified atom stereocenters. The van der Waals surface area contributed by atoms with Crippen molar-refractivity contribution in [1.29, 1.82) is 0 Å². The normalized spacial score (nSPS) is 17.9. The summed E-state index contributed by atoms with van der Waals surface area (Å²) in [6.07, 6.45) is -1.46. The van der Waals surface area contributed by atoms with Crippen molar-refractivity contribution < 1.29 is 33.7 Å². The number of hydrogen-bond donors (Lipinski definition) is 2. The largest absolute Gasteiger partial charge is 0.507 e. The summed E-state index contributed by atoms with van der Waals surface area (Å²) in [6, 6.07) is 3.82. The number of carbonyl (C=O) groups is 3. The van der Waals surface area contributed by atoms with Crippen molar-refractivity contribution in [2.75, 3.05) is 31.8 Å². The molecule has 11 heteroatoms. The van der Waals surface area contributed by atoms with Gasteiger partial charge in [-0.05, 0) is 44.4 Å². The predicted octanol–water partition coefficient (Wildman–Crippen LogP) is 2.79. The molecule has 1 heterocycles. The van der Waals surface area contributed by atoms with Gasteiger partial charge in [-0.25, -0.2) is 4.79 Å². The highest BCUT2D eigenvalue weighted by molar-refractivity contribution is 7.99. The lowest BCUT2D eigenvalue weighted by Gasteiger charge is -2.36. The highest BCUT2D eigenvalue weighted by Crippen LogP contribution is 2.24. The van der Waals surface area contributed by atoms with Crippen molar-refractivity contribution in [2.24, 2.45) is 0 Å². The molecule has 0 saturated carbocycles. The first-order valence-corrected chi connectivity index (χ1v) is 11.8. The SMILES string of the molecule is CCOC(=O)C(CCc1ccc(OC)cc1Cl)N[C@@H](C)C(=O)N1CCSCC1OC(=O)O. The van der Waals surface area contributed by atoms with E-state index < -0.39 is 30.4 Å². The van der Waals surface area contributed by atoms with Crippen LogP contribution < -0.4 is 10.1 Å². The van der Waals surface area contributed by atoms with Crippen LogP contribution in [0.3, 0.4) is 0 Å². The molecular weight excluding hydrogens is 460 g/mol. The Kier molecular flexibility index (Phi) is 10.4. The van der Waals surface area contributed by atoms with Crippen LogP contribution in [0.5, 0.6) is 5.75 Å². The number of nitrogens with zero attached hydrogens (tertiary/aromatic N) is 1. The van der Waals surface area contributed by atoms with Gasteiger partial charge in [0.2, 0.25) is 5.91 Å². The smallest absolute Gasteiger partial charge is 0.497 e. The van der Waals surface area contributed by atoms with E-state index in [0.717, 1.165) is 5.56 Å². The molecule has 0 bridgehead atoms. The second-order valence-electron chi connectivity index (χ2n) is 7.13. The van der Waals surface area contributed by atoms with E-state index in [9.17, 15) is 14.4 Å². The molecular formula is C21H29ClN2O7S. The number of amides is 1. The van der Waals surface area contributed by atoms with Crippen LogP contribution in [0, 0.1) is 0 Å². The number of nitrogens with one attached hydrogen (secondary N) is 1. The first-order chi connectivity index (χ1) is 15.3. The van der Waals surface area contributed by atoms with Crippen molar-refractivity contribution in [2.45, 2.75) is 45.0 Å². The Balaban J connectivity index is 2.07. The number of halogens is 1. The van der Waals surface area contributed by atoms with Crippen LogP contribution in [-0.2, 0) is 25.5 Å². The third-order valence-corrected chi connectivity index (χ3v) is 6.30. The second-order valence-corrected chi connectivity index (χ2v) is 8.69. The zero-order valence-electron chi connectivity index (χ0n) is 18.3. The maximum atomic E-state index is 13.0. The lowest BCUT2D eigenvalue weighted by molar-refractivity contribution is -0.147. The summed E-state index contributed by atoms with van der Waals surface area (Å²) < 4.78 is 15.2. The molecule has 1 saturated heterocycles. The van der Waals surface area contributed by atoms with Gasteiger partial charge in [0.15, 0.2) is 6.23 Å². The van der Waals surface area contributed by atoms with Gasteiger partial charge in [0, 0.05) is 17.3 Å². The maximum Gasteiger partial charge on any atom is 0.507 e. The van der Waals surface area contributed by atoms with E-state index in [1.165, 1.54) is 16.7 Å². The fourth-order valence-corrected chi connectivity index (χ4v) is 4.55. The van der Waals surface area contributed by atoms with Crippen LogP contribution in [0.15, 0.2) is 18.2 Å². The summed E-state index contributed by atoms with van der Waals surface area (Å²) in [4.78, 5) is 37.9. The molecule has 0 radical (unpaired) electrons. The van der Waals surface area contributed by atoms with Crippen molar-refractivity contribution in [3.05, 3.63) is 28.8 Å². The molecule has 1 aliphatic heterocycles. The van der Waals surface area contributed by atoms with E-state index >= 15 is 0 Å². The number of methoxy groups -OCH3 is 1. The standard InChI is InChI=1S/C21H29ClN2O7S/c1-4-30-20(26)17(8-6-14-5-7-15(29-3)11-16(14)22)23-13(2)19(25)24-9-10-32-12-18(24)31-21(27)28/h5,7,11,13,17-18,23H,4,6,8-10,12H2,1-3H3,(H,27,28)/t13-,17?,18?/m0/s1. The van der Waals surface area contributed by atoms with Crippen LogP contribution >= 0.6 is 23.4 Å². The molecule has 178 valence electrons. The Bertz CT molecular complexity index is 810. The van der Waals surface area contributed by atoms with Crippen molar-refractivity contribution in [1.82, 2.24) is 10.2 Å². The van der Waals surface area contributed by atoms with Gasteiger partial charge in [-0.3, -0.25) is 14.9 Å². The molecule has 32 heavy (non-hydrogen) atoms. The third kappa shape index (κ3) is 7.46. The van der Waals surface area contributed by atoms with Gasteiger partial charge in [-0.1, -0.05) is 17.7 Å². The molecule has 0 aliphatic carbocycles. The topological polar surface area (TPSA) is 114 Å². The predicted molar refractivity (Wildman–Crippen MR) is 121 cm³/mol. The first kappa shape index (κ1) is 26.1. The number of benzene rings is 1. The van der Waals surface area contributed by atoms with Gasteiger partial charge in [0.1, 0.15) is 11.8 Å². The highest BCUT2D eigenvalue weighted by atomic mass is 35.5. The Hall–Kier alpha value is -2.17. The molecule has 1 aliphatic rings. The summed E-state index contributed by atoms with van der Waals surface area (Å²) in [7, 11) is 1.55. The number of rotatable bonds is 10. The molecule has 2 rings (SSSR count). The highest BCUT2D eigenvalue weighted by Gasteiger charge is 2.34. The second kappa shape index (κ2) is 12.8. The lowest BCUT2D eigenvalue weighted by atomic mass is 10.0. The molecule has 1 aromatic rings. The Morgan fingerprint density at radius 2 is 2.12 bits per heavy atom. The number of carbonyl (C=O) groups excluding carboxylic acids is 2. The van der Waals surface area contributed by atoms with E-state index in [1.54, 1.807) is 33.1 Å². The Labute approximate surface area is 196 Å². The monoisotopic (exact) mass is 488 g/mol. The van der Waals surface area contributed by atoms with E-state index in [1.807, 2.05) is 6.07 Å². The lowest BCUT2D eigenvalue weighted by Crippen LogP contribution is -2.56. The van der Waals surface area contributed by atoms with Crippen LogP contribution in [-0.4, -0.2) is 78.1 Å². The number of thioether (sulfide) groups is 1. The maximum absolute atomic E-state index is 13.0. The fourth-order valence-electron chi connectivity index (χ4n) is 3.34. The minimum atomic E-state index is -1.43. The van der Waals surface area contributed by atoms with Crippen LogP contribution in [0.2, 0.25) is 5.02 Å². The van der Waals surface area contributed by atoms with Gasteiger partial charge >= 0.3 is 12.1 Å². The molecule has 0 spiro atoms. The average Bonchev–Trinajstić information content (AvgIpc) is 2.76. The summed E-state index contributed by atoms with van der Waals surface area (Å²) in [5.41, 5.74) is 0.838. The van der Waals surface area contributed by atoms with E-state index in [0.29, 0.717) is 41.7 Å². The minimum Gasteiger partial charge on any atom is -0.497 e. The van der Waals surface area contributed by atoms with Crippen LogP contribution in [0.25, 0.3) is 0 Å². The number of carboxylic acid groups (broad SMARTS) is 1. The summed E-state index contributed by atoms with van der Waals surface area (Å²) in [5.74, 6) is 0.866. The van der Waals surface area contributed by atoms with Crippen LogP contribution in [0.1, 0.15) is 25.8 Å². The summed E-state index contributed by atoms with van der Waals surface area (Å²) in [5, 5.41) is 12.5. The Morgan fingerprint density at radius 1 is 1.38 bits per heavy atom. The molecule has 1 amide bonds. The number of ether oxygens (including phenoxy) is 3. The van der Waals surface area contributed by atoms with Gasteiger partial charge in [0.05, 0.1) is 25.5 Å². The zero-order chi connectivity index (χ0) is 23.7. The summed E-state index contributed by atoms with van der Waals surface area (Å²) >= 11 is 7.82. The van der Waals surface area contributed by atoms with Gasteiger partial charge in [0.25, 0.3) is 0 Å². The van der Waals surface area contributed by atoms with Gasteiger partial charge in [-0.2, -0.15) is 11.8 Å². The van der Waals surface area contributed by atoms with E-state index in [4.69, 9.17) is 30.9 Å². The number of esters is 1. The average molecular weight is 489 g/mol. The Morgan fingerprint density at radius 3 is 2.75 bits per heavy atom. The quantitative estimate of drug-likeness (QED) is 0.479. The van der Waals surface area contributed by atoms with Gasteiger partial charge < -0.3 is 24.2 Å². The molecule has 3 atom stereocenters. The summed E-state index contributed by atoms with van der Waals surface area (Å²) in [6.45, 7) is 3.91. The van der Waals surface area contributed by atoms with Crippen molar-refractivity contribution in [3.8, 4) is 5.75 Å².